The summed E-state index contributed by atoms with van der Waals surface area (Å²) in [5.74, 6) is 1.11. The fourth-order valence-electron chi connectivity index (χ4n) is 5.35. The van der Waals surface area contributed by atoms with Gasteiger partial charge < -0.3 is 20.0 Å². The minimum atomic E-state index is 0.0797. The number of likely N-dealkylation sites (N-methyl/N-ethyl adjacent to an activating group) is 1. The lowest BCUT2D eigenvalue weighted by molar-refractivity contribution is 0.194. The largest absolute Gasteiger partial charge is 0.348 e. The molecule has 2 amide bonds. The molecule has 1 aliphatic carbocycles. The van der Waals surface area contributed by atoms with E-state index in [4.69, 9.17) is 4.98 Å². The van der Waals surface area contributed by atoms with Gasteiger partial charge in [-0.1, -0.05) is 18.9 Å². The molecule has 1 N–H and O–H groups in total. The average molecular weight is 355 g/mol. The van der Waals surface area contributed by atoms with Crippen molar-refractivity contribution < 1.29 is 4.79 Å². The van der Waals surface area contributed by atoms with Gasteiger partial charge in [-0.3, -0.25) is 0 Å². The maximum Gasteiger partial charge on any atom is 0.318 e. The van der Waals surface area contributed by atoms with Gasteiger partial charge in [0.15, 0.2) is 0 Å². The number of pyridine rings is 1. The summed E-state index contributed by atoms with van der Waals surface area (Å²) >= 11 is 0. The zero-order valence-electron chi connectivity index (χ0n) is 15.7. The third-order valence-electron chi connectivity index (χ3n) is 6.65. The summed E-state index contributed by atoms with van der Waals surface area (Å²) in [4.78, 5) is 24.5. The van der Waals surface area contributed by atoms with Gasteiger partial charge in [0.2, 0.25) is 0 Å². The molecule has 1 saturated carbocycles. The second-order valence-electron chi connectivity index (χ2n) is 8.58. The molecule has 0 spiro atoms. The van der Waals surface area contributed by atoms with Crippen molar-refractivity contribution in [3.05, 3.63) is 23.4 Å². The van der Waals surface area contributed by atoms with Gasteiger partial charge in [-0.25, -0.2) is 9.78 Å². The third-order valence-corrected chi connectivity index (χ3v) is 6.65. The SMILES string of the molecule is CN1CC2CCC(C1)N2c1ccc2c(n1)CN(C(=O)NC1CCCC1)C2. The van der Waals surface area contributed by atoms with Gasteiger partial charge in [0.25, 0.3) is 0 Å². The fraction of sp³-hybridized carbons (Fsp3) is 0.700. The van der Waals surface area contributed by atoms with Crippen LogP contribution < -0.4 is 10.2 Å². The van der Waals surface area contributed by atoms with Gasteiger partial charge in [0.05, 0.1) is 12.2 Å². The van der Waals surface area contributed by atoms with Crippen LogP contribution in [0.2, 0.25) is 0 Å². The molecule has 6 heteroatoms. The van der Waals surface area contributed by atoms with Crippen molar-refractivity contribution in [1.82, 2.24) is 20.1 Å². The highest BCUT2D eigenvalue weighted by Gasteiger charge is 2.40. The number of carbonyl (C=O) groups is 1. The number of rotatable bonds is 2. The second-order valence-corrected chi connectivity index (χ2v) is 8.58. The standard InChI is InChI=1S/C20H29N5O/c1-23-11-16-7-8-17(12-23)25(16)19-9-6-14-10-24(13-18(14)22-19)20(26)21-15-4-2-3-5-15/h6,9,15-17H,2-5,7-8,10-13H2,1H3,(H,21,26). The number of hydrogen-bond acceptors (Lipinski definition) is 4. The minimum absolute atomic E-state index is 0.0797. The van der Waals surface area contributed by atoms with Gasteiger partial charge in [-0.15, -0.1) is 0 Å². The van der Waals surface area contributed by atoms with Gasteiger partial charge in [-0.2, -0.15) is 0 Å². The summed E-state index contributed by atoms with van der Waals surface area (Å²) in [5, 5.41) is 3.21. The van der Waals surface area contributed by atoms with E-state index >= 15 is 0 Å². The predicted octanol–water partition coefficient (Wildman–Crippen LogP) is 2.33. The summed E-state index contributed by atoms with van der Waals surface area (Å²) in [6.45, 7) is 3.60. The zero-order valence-corrected chi connectivity index (χ0v) is 15.7. The van der Waals surface area contributed by atoms with E-state index in [-0.39, 0.29) is 6.03 Å². The topological polar surface area (TPSA) is 51.7 Å². The number of nitrogens with zero attached hydrogens (tertiary/aromatic N) is 4. The van der Waals surface area contributed by atoms with Crippen LogP contribution in [0.1, 0.15) is 49.8 Å². The van der Waals surface area contributed by atoms with Gasteiger partial charge in [0.1, 0.15) is 5.82 Å². The molecule has 2 bridgehead atoms. The summed E-state index contributed by atoms with van der Waals surface area (Å²) < 4.78 is 0. The number of aromatic nitrogens is 1. The molecule has 4 heterocycles. The number of carbonyl (C=O) groups excluding carboxylic acids is 1. The monoisotopic (exact) mass is 355 g/mol. The molecule has 1 aromatic rings. The van der Waals surface area contributed by atoms with E-state index < -0.39 is 0 Å². The maximum absolute atomic E-state index is 12.6. The molecule has 140 valence electrons. The van der Waals surface area contributed by atoms with Crippen LogP contribution in [0.5, 0.6) is 0 Å². The Morgan fingerprint density at radius 3 is 2.54 bits per heavy atom. The average Bonchev–Trinajstić information content (AvgIpc) is 3.32. The van der Waals surface area contributed by atoms with Crippen molar-refractivity contribution in [3.8, 4) is 0 Å². The Morgan fingerprint density at radius 1 is 1.08 bits per heavy atom. The molecular formula is C20H29N5O. The Hall–Kier alpha value is -1.82. The highest BCUT2D eigenvalue weighted by molar-refractivity contribution is 5.75. The summed E-state index contributed by atoms with van der Waals surface area (Å²) in [5.41, 5.74) is 2.29. The lowest BCUT2D eigenvalue weighted by atomic mass is 10.1. The summed E-state index contributed by atoms with van der Waals surface area (Å²) in [7, 11) is 2.22. The molecular weight excluding hydrogens is 326 g/mol. The van der Waals surface area contributed by atoms with Crippen molar-refractivity contribution in [2.45, 2.75) is 69.7 Å². The Morgan fingerprint density at radius 2 is 1.81 bits per heavy atom. The number of piperazine rings is 1. The number of urea groups is 1. The molecule has 5 rings (SSSR count). The minimum Gasteiger partial charge on any atom is -0.348 e. The first-order valence-corrected chi connectivity index (χ1v) is 10.2. The Bertz CT molecular complexity index is 687. The van der Waals surface area contributed by atoms with Crippen LogP contribution in [-0.2, 0) is 13.1 Å². The van der Waals surface area contributed by atoms with Crippen molar-refractivity contribution in [2.75, 3.05) is 25.0 Å². The number of likely N-dealkylation sites (tertiary alicyclic amines) is 1. The first-order chi connectivity index (χ1) is 12.7. The highest BCUT2D eigenvalue weighted by atomic mass is 16.2. The lowest BCUT2D eigenvalue weighted by Crippen LogP contribution is -2.52. The molecule has 26 heavy (non-hydrogen) atoms. The molecule has 1 aromatic heterocycles. The number of anilines is 1. The van der Waals surface area contributed by atoms with E-state index in [2.05, 4.69) is 34.3 Å². The third kappa shape index (κ3) is 2.84. The molecule has 0 aromatic carbocycles. The molecule has 3 fully saturated rings. The lowest BCUT2D eigenvalue weighted by Gasteiger charge is -2.40. The number of amides is 2. The van der Waals surface area contributed by atoms with Crippen molar-refractivity contribution in [3.63, 3.8) is 0 Å². The van der Waals surface area contributed by atoms with Crippen LogP contribution in [0.4, 0.5) is 10.6 Å². The van der Waals surface area contributed by atoms with Crippen LogP contribution in [0.25, 0.3) is 0 Å². The van der Waals surface area contributed by atoms with E-state index in [1.54, 1.807) is 0 Å². The van der Waals surface area contributed by atoms with E-state index in [1.165, 1.54) is 31.2 Å². The molecule has 6 nitrogen and oxygen atoms in total. The number of hydrogen-bond donors (Lipinski definition) is 1. The van der Waals surface area contributed by atoms with Gasteiger partial charge >= 0.3 is 6.03 Å². The van der Waals surface area contributed by atoms with Crippen molar-refractivity contribution in [1.29, 1.82) is 0 Å². The van der Waals surface area contributed by atoms with Crippen LogP contribution in [0.15, 0.2) is 12.1 Å². The molecule has 2 saturated heterocycles. The molecule has 2 unspecified atom stereocenters. The van der Waals surface area contributed by atoms with Crippen molar-refractivity contribution in [2.24, 2.45) is 0 Å². The second kappa shape index (κ2) is 6.41. The fourth-order valence-corrected chi connectivity index (χ4v) is 5.35. The van der Waals surface area contributed by atoms with Crippen LogP contribution in [-0.4, -0.2) is 59.1 Å². The molecule has 0 radical (unpaired) electrons. The van der Waals surface area contributed by atoms with Gasteiger partial charge in [0, 0.05) is 37.8 Å². The Balaban J connectivity index is 1.29. The summed E-state index contributed by atoms with van der Waals surface area (Å²) in [6.07, 6.45) is 7.27. The number of nitrogens with one attached hydrogen (secondary N) is 1. The van der Waals surface area contributed by atoms with E-state index in [1.807, 2.05) is 4.90 Å². The Labute approximate surface area is 155 Å². The first kappa shape index (κ1) is 16.4. The molecule has 2 atom stereocenters. The van der Waals surface area contributed by atoms with E-state index in [0.29, 0.717) is 31.2 Å². The zero-order chi connectivity index (χ0) is 17.7. The van der Waals surface area contributed by atoms with Crippen LogP contribution in [0.3, 0.4) is 0 Å². The van der Waals surface area contributed by atoms with Crippen molar-refractivity contribution >= 4 is 11.8 Å². The van der Waals surface area contributed by atoms with Crippen LogP contribution in [0, 0.1) is 0 Å². The first-order valence-electron chi connectivity index (χ1n) is 10.2. The van der Waals surface area contributed by atoms with Gasteiger partial charge in [-0.05, 0) is 44.4 Å². The van der Waals surface area contributed by atoms with E-state index in [0.717, 1.165) is 37.4 Å². The van der Waals surface area contributed by atoms with Crippen LogP contribution >= 0.6 is 0 Å². The highest BCUT2D eigenvalue weighted by Crippen LogP contribution is 2.35. The number of fused-ring (bicyclic) bond motifs is 3. The predicted molar refractivity (Wildman–Crippen MR) is 101 cm³/mol. The summed E-state index contributed by atoms with van der Waals surface area (Å²) in [6, 6.07) is 6.00. The van der Waals surface area contributed by atoms with E-state index in [9.17, 15) is 4.79 Å². The quantitative estimate of drug-likeness (QED) is 0.885. The Kier molecular flexibility index (Phi) is 4.03. The smallest absolute Gasteiger partial charge is 0.318 e. The normalized spacial score (nSPS) is 28.7. The molecule has 4 aliphatic rings. The maximum atomic E-state index is 12.6. The molecule has 3 aliphatic heterocycles.